The van der Waals surface area contributed by atoms with E-state index in [2.05, 4.69) is 6.07 Å². The Morgan fingerprint density at radius 2 is 0.884 bits per heavy atom. The minimum Gasteiger partial charge on any atom is -0.456 e. The van der Waals surface area contributed by atoms with Crippen molar-refractivity contribution in [1.82, 2.24) is 0 Å². The molecule has 0 saturated carbocycles. The summed E-state index contributed by atoms with van der Waals surface area (Å²) >= 11 is 0. The minimum atomic E-state index is -0.429. The van der Waals surface area contributed by atoms with Gasteiger partial charge in [-0.2, -0.15) is 0 Å². The normalized spacial score (nSPS) is 14.3. The van der Waals surface area contributed by atoms with Gasteiger partial charge in [-0.15, -0.1) is 0 Å². The molecular weight excluding hydrogens is 520 g/mol. The molecule has 0 N–H and O–H groups in total. The summed E-state index contributed by atoms with van der Waals surface area (Å²) in [5.41, 5.74) is 5.17. The quantitative estimate of drug-likeness (QED) is 0.198. The molecule has 0 bridgehead atoms. The van der Waals surface area contributed by atoms with E-state index in [9.17, 15) is 5.48 Å². The van der Waals surface area contributed by atoms with Gasteiger partial charge >= 0.3 is 0 Å². The van der Waals surface area contributed by atoms with E-state index in [0.29, 0.717) is 33.4 Å². The monoisotopic (exact) mass is 554 g/mol. The summed E-state index contributed by atoms with van der Waals surface area (Å²) < 4.78 is 78.1. The maximum absolute atomic E-state index is 9.27. The highest BCUT2D eigenvalue weighted by Crippen LogP contribution is 2.45. The molecule has 0 saturated heterocycles. The van der Waals surface area contributed by atoms with Crippen LogP contribution in [0.15, 0.2) is 162 Å². The Bertz CT molecular complexity index is 2870. The Morgan fingerprint density at radius 1 is 0.372 bits per heavy atom. The summed E-state index contributed by atoms with van der Waals surface area (Å²) in [5, 5.41) is 4.19. The second-order valence-corrected chi connectivity index (χ2v) is 10.7. The molecule has 0 unspecified atom stereocenters. The standard InChI is InChI=1S/C42H26O/c1-2-10-27(11-3-1)28-18-19-30-25-31(21-20-29(30)24-28)41-34-13-4-6-15-36(34)42(37-16-7-5-14-35(37)41)32-22-23-40-38(26-32)33-12-8-9-17-39(33)43-40/h1-26H/i4D,5D,6D,7D,13D,14D,15D,16D. The molecule has 0 aliphatic carbocycles. The zero-order chi connectivity index (χ0) is 35.3. The lowest BCUT2D eigenvalue weighted by molar-refractivity contribution is 0.669. The first-order valence-electron chi connectivity index (χ1n) is 18.1. The van der Waals surface area contributed by atoms with Gasteiger partial charge in [-0.1, -0.05) is 127 Å². The summed E-state index contributed by atoms with van der Waals surface area (Å²) in [6.07, 6.45) is 0. The molecule has 200 valence electrons. The predicted octanol–water partition coefficient (Wildman–Crippen LogP) is 12.0. The molecule has 0 fully saturated rings. The van der Waals surface area contributed by atoms with Crippen molar-refractivity contribution >= 4 is 54.3 Å². The highest BCUT2D eigenvalue weighted by Gasteiger charge is 2.18. The summed E-state index contributed by atoms with van der Waals surface area (Å²) in [6.45, 7) is 0. The molecule has 8 aromatic carbocycles. The fourth-order valence-corrected chi connectivity index (χ4v) is 6.30. The highest BCUT2D eigenvalue weighted by molar-refractivity contribution is 6.22. The number of para-hydroxylation sites is 1. The van der Waals surface area contributed by atoms with Crippen LogP contribution < -0.4 is 0 Å². The molecule has 0 aliphatic rings. The SMILES string of the molecule is [2H]c1c([2H])c([2H])c2c(-c3ccc4oc5ccccc5c4c3)c3c([2H])c([2H])c([2H])c([2H])c3c(-c3ccc4cc(-c5ccccc5)ccc4c3)c2c1[2H]. The summed E-state index contributed by atoms with van der Waals surface area (Å²) in [6, 6.07) is 32.0. The van der Waals surface area contributed by atoms with E-state index >= 15 is 0 Å². The molecule has 9 aromatic rings. The summed E-state index contributed by atoms with van der Waals surface area (Å²) in [7, 11) is 0. The molecular formula is C42H26O. The van der Waals surface area contributed by atoms with Crippen molar-refractivity contribution < 1.29 is 15.4 Å². The third-order valence-corrected chi connectivity index (χ3v) is 8.28. The van der Waals surface area contributed by atoms with Crippen molar-refractivity contribution in [3.63, 3.8) is 0 Å². The Hall–Kier alpha value is -5.66. The van der Waals surface area contributed by atoms with Crippen molar-refractivity contribution in [2.24, 2.45) is 0 Å². The van der Waals surface area contributed by atoms with Gasteiger partial charge in [0.05, 0.1) is 11.0 Å². The minimum absolute atomic E-state index is 0.181. The molecule has 0 aliphatic heterocycles. The number of hydrogen-bond acceptors (Lipinski definition) is 1. The van der Waals surface area contributed by atoms with Crippen LogP contribution in [0, 0.1) is 0 Å². The van der Waals surface area contributed by atoms with Crippen LogP contribution in [-0.4, -0.2) is 0 Å². The van der Waals surface area contributed by atoms with Gasteiger partial charge in [0.2, 0.25) is 0 Å². The van der Waals surface area contributed by atoms with Crippen LogP contribution in [0.2, 0.25) is 0 Å². The maximum Gasteiger partial charge on any atom is 0.135 e. The Balaban J connectivity index is 1.45. The predicted molar refractivity (Wildman–Crippen MR) is 183 cm³/mol. The van der Waals surface area contributed by atoms with Crippen molar-refractivity contribution in [3.8, 4) is 33.4 Å². The molecule has 1 nitrogen and oxygen atoms in total. The molecule has 1 heterocycles. The fourth-order valence-electron chi connectivity index (χ4n) is 6.30. The van der Waals surface area contributed by atoms with E-state index in [-0.39, 0.29) is 45.7 Å². The Labute approximate surface area is 260 Å². The van der Waals surface area contributed by atoms with Crippen LogP contribution in [-0.2, 0) is 0 Å². The first-order valence-corrected chi connectivity index (χ1v) is 14.1. The van der Waals surface area contributed by atoms with Gasteiger partial charge in [-0.25, -0.2) is 0 Å². The Morgan fingerprint density at radius 3 is 1.56 bits per heavy atom. The van der Waals surface area contributed by atoms with Crippen molar-refractivity contribution in [3.05, 3.63) is 158 Å². The van der Waals surface area contributed by atoms with E-state index in [4.69, 9.17) is 9.90 Å². The molecule has 0 amide bonds. The molecule has 0 atom stereocenters. The van der Waals surface area contributed by atoms with Crippen molar-refractivity contribution in [2.75, 3.05) is 0 Å². The average Bonchev–Trinajstić information content (AvgIpc) is 3.54. The van der Waals surface area contributed by atoms with Gasteiger partial charge in [0.15, 0.2) is 0 Å². The third-order valence-electron chi connectivity index (χ3n) is 8.28. The summed E-state index contributed by atoms with van der Waals surface area (Å²) in [4.78, 5) is 0. The van der Waals surface area contributed by atoms with Crippen LogP contribution in [0.3, 0.4) is 0 Å². The van der Waals surface area contributed by atoms with Gasteiger partial charge < -0.3 is 4.42 Å². The number of benzene rings is 8. The van der Waals surface area contributed by atoms with Crippen LogP contribution in [0.5, 0.6) is 0 Å². The number of fused-ring (bicyclic) bond motifs is 6. The topological polar surface area (TPSA) is 13.1 Å². The van der Waals surface area contributed by atoms with Crippen molar-refractivity contribution in [2.45, 2.75) is 0 Å². The number of furan rings is 1. The van der Waals surface area contributed by atoms with Gasteiger partial charge in [-0.05, 0) is 96.0 Å². The number of rotatable bonds is 3. The average molecular weight is 555 g/mol. The molecule has 0 spiro atoms. The van der Waals surface area contributed by atoms with Gasteiger partial charge in [0, 0.05) is 10.8 Å². The van der Waals surface area contributed by atoms with E-state index in [1.54, 1.807) is 12.1 Å². The lowest BCUT2D eigenvalue weighted by Crippen LogP contribution is -1.91. The van der Waals surface area contributed by atoms with Gasteiger partial charge in [0.25, 0.3) is 0 Å². The molecule has 1 heteroatoms. The lowest BCUT2D eigenvalue weighted by atomic mass is 9.85. The smallest absolute Gasteiger partial charge is 0.135 e. The van der Waals surface area contributed by atoms with E-state index < -0.39 is 24.2 Å². The molecule has 0 radical (unpaired) electrons. The highest BCUT2D eigenvalue weighted by atomic mass is 16.3. The second kappa shape index (κ2) is 9.44. The van der Waals surface area contributed by atoms with E-state index in [0.717, 1.165) is 32.7 Å². The molecule has 9 rings (SSSR count). The van der Waals surface area contributed by atoms with Crippen LogP contribution in [0.1, 0.15) is 11.0 Å². The lowest BCUT2D eigenvalue weighted by Gasteiger charge is -2.18. The Kier molecular flexibility index (Phi) is 3.80. The first kappa shape index (κ1) is 17.3. The zero-order valence-corrected chi connectivity index (χ0v) is 22.8. The van der Waals surface area contributed by atoms with Crippen LogP contribution >= 0.6 is 0 Å². The van der Waals surface area contributed by atoms with E-state index in [1.807, 2.05) is 91.0 Å². The maximum atomic E-state index is 9.27. The number of hydrogen-bond donors (Lipinski definition) is 0. The molecule has 1 aromatic heterocycles. The largest absolute Gasteiger partial charge is 0.456 e. The zero-order valence-electron chi connectivity index (χ0n) is 30.8. The van der Waals surface area contributed by atoms with Gasteiger partial charge in [0.1, 0.15) is 11.2 Å². The third kappa shape index (κ3) is 3.79. The fraction of sp³-hybridized carbons (Fsp3) is 0. The first-order chi connectivity index (χ1) is 24.6. The van der Waals surface area contributed by atoms with Crippen LogP contribution in [0.4, 0.5) is 0 Å². The van der Waals surface area contributed by atoms with Crippen LogP contribution in [0.25, 0.3) is 87.6 Å². The van der Waals surface area contributed by atoms with Crippen molar-refractivity contribution in [1.29, 1.82) is 0 Å². The second-order valence-electron chi connectivity index (χ2n) is 10.7. The molecule has 43 heavy (non-hydrogen) atoms. The van der Waals surface area contributed by atoms with Gasteiger partial charge in [-0.3, -0.25) is 0 Å². The van der Waals surface area contributed by atoms with E-state index in [1.165, 1.54) is 0 Å². The summed E-state index contributed by atoms with van der Waals surface area (Å²) in [5.74, 6) is 0.